The Kier molecular flexibility index (Phi) is 3.49. The molecule has 1 aliphatic heterocycles. The second kappa shape index (κ2) is 5.80. The topological polar surface area (TPSA) is 111 Å². The normalized spacial score (nSPS) is 14.7. The van der Waals surface area contributed by atoms with Crippen molar-refractivity contribution in [1.82, 2.24) is 25.3 Å². The third kappa shape index (κ3) is 2.35. The minimum Gasteiger partial charge on any atom is -0.495 e. The molecule has 4 heterocycles. The first kappa shape index (κ1) is 16.3. The lowest BCUT2D eigenvalue weighted by Gasteiger charge is -2.27. The van der Waals surface area contributed by atoms with Crippen LogP contribution in [0, 0.1) is 6.92 Å². The van der Waals surface area contributed by atoms with E-state index in [1.807, 2.05) is 13.0 Å². The number of ether oxygens (including phenoxy) is 1. The van der Waals surface area contributed by atoms with E-state index in [0.717, 1.165) is 39.4 Å². The van der Waals surface area contributed by atoms with Crippen LogP contribution in [0.5, 0.6) is 5.75 Å². The largest absolute Gasteiger partial charge is 0.495 e. The molecule has 9 heteroatoms. The molecule has 0 bridgehead atoms. The molecule has 0 aliphatic carbocycles. The number of methoxy groups -OCH3 is 1. The number of aromatic amines is 1. The molecule has 0 radical (unpaired) electrons. The Balaban J connectivity index is 1.82. The van der Waals surface area contributed by atoms with Gasteiger partial charge < -0.3 is 15.8 Å². The van der Waals surface area contributed by atoms with Gasteiger partial charge in [-0.05, 0) is 30.0 Å². The number of nitrogens with zero attached hydrogens (tertiary/aromatic N) is 3. The number of nitrogens with one attached hydrogen (secondary N) is 2. The molecule has 3 aromatic heterocycles. The third-order valence-electron chi connectivity index (χ3n) is 4.95. The van der Waals surface area contributed by atoms with Gasteiger partial charge in [-0.1, -0.05) is 6.07 Å². The van der Waals surface area contributed by atoms with E-state index in [1.165, 1.54) is 0 Å². The molecule has 0 spiro atoms. The number of fused-ring (bicyclic) bond motifs is 2. The summed E-state index contributed by atoms with van der Waals surface area (Å²) in [5.74, 6) is 1.11. The van der Waals surface area contributed by atoms with E-state index in [9.17, 15) is 4.79 Å². The first-order chi connectivity index (χ1) is 13.1. The van der Waals surface area contributed by atoms with Crippen LogP contribution in [0.2, 0.25) is 0 Å². The molecule has 0 amide bonds. The summed E-state index contributed by atoms with van der Waals surface area (Å²) in [6.45, 7) is 3.59. The smallest absolute Gasteiger partial charge is 0.290 e. The first-order valence-corrected chi connectivity index (χ1v) is 9.44. The van der Waals surface area contributed by atoms with Crippen molar-refractivity contribution < 1.29 is 4.74 Å². The van der Waals surface area contributed by atoms with Gasteiger partial charge in [0.2, 0.25) is 0 Å². The van der Waals surface area contributed by atoms with Gasteiger partial charge in [0.1, 0.15) is 17.0 Å². The summed E-state index contributed by atoms with van der Waals surface area (Å²) in [5, 5.41) is 16.1. The number of hydrogen-bond acceptors (Lipinski definition) is 7. The number of aryl methyl sites for hydroxylation is 1. The van der Waals surface area contributed by atoms with Crippen molar-refractivity contribution in [2.75, 3.05) is 25.9 Å². The zero-order valence-electron chi connectivity index (χ0n) is 14.9. The molecule has 1 saturated heterocycles. The van der Waals surface area contributed by atoms with Gasteiger partial charge in [-0.3, -0.25) is 9.48 Å². The van der Waals surface area contributed by atoms with Crippen LogP contribution >= 0.6 is 11.3 Å². The number of anilines is 1. The second-order valence-corrected chi connectivity index (χ2v) is 7.82. The zero-order valence-corrected chi connectivity index (χ0v) is 15.7. The molecular formula is C18H18N6O2S. The van der Waals surface area contributed by atoms with Gasteiger partial charge in [0.15, 0.2) is 5.82 Å². The lowest BCUT2D eigenvalue weighted by Crippen LogP contribution is -2.44. The minimum absolute atomic E-state index is 0.135. The van der Waals surface area contributed by atoms with Crippen LogP contribution in [-0.4, -0.2) is 40.2 Å². The van der Waals surface area contributed by atoms with Gasteiger partial charge >= 0.3 is 0 Å². The van der Waals surface area contributed by atoms with E-state index < -0.39 is 0 Å². The molecule has 8 nitrogen and oxygen atoms in total. The lowest BCUT2D eigenvalue weighted by atomic mass is 10.1. The van der Waals surface area contributed by atoms with Gasteiger partial charge in [-0.15, -0.1) is 11.3 Å². The first-order valence-electron chi connectivity index (χ1n) is 8.62. The zero-order chi connectivity index (χ0) is 18.7. The summed E-state index contributed by atoms with van der Waals surface area (Å²) in [5.41, 5.74) is 8.15. The van der Waals surface area contributed by atoms with Crippen molar-refractivity contribution in [3.05, 3.63) is 34.1 Å². The Morgan fingerprint density at radius 1 is 1.33 bits per heavy atom. The van der Waals surface area contributed by atoms with Crippen LogP contribution in [0.15, 0.2) is 23.0 Å². The van der Waals surface area contributed by atoms with Crippen molar-refractivity contribution in [2.45, 2.75) is 13.0 Å². The number of aromatic nitrogens is 4. The highest BCUT2D eigenvalue weighted by Gasteiger charge is 2.27. The number of rotatable bonds is 3. The van der Waals surface area contributed by atoms with Crippen molar-refractivity contribution in [3.8, 4) is 16.3 Å². The van der Waals surface area contributed by atoms with Gasteiger partial charge in [-0.25, -0.2) is 5.10 Å². The fourth-order valence-corrected chi connectivity index (χ4v) is 4.65. The average molecular weight is 382 g/mol. The molecule has 138 valence electrons. The molecule has 4 N–H and O–H groups in total. The van der Waals surface area contributed by atoms with Gasteiger partial charge in [0.05, 0.1) is 28.1 Å². The van der Waals surface area contributed by atoms with E-state index in [4.69, 9.17) is 15.6 Å². The Labute approximate surface area is 157 Å². The molecule has 0 saturated carbocycles. The minimum atomic E-state index is -0.278. The van der Waals surface area contributed by atoms with Crippen LogP contribution in [0.3, 0.4) is 0 Å². The van der Waals surface area contributed by atoms with E-state index in [-0.39, 0.29) is 17.4 Å². The molecule has 1 fully saturated rings. The average Bonchev–Trinajstić information content (AvgIpc) is 3.18. The Hall–Kier alpha value is -2.91. The monoisotopic (exact) mass is 382 g/mol. The molecule has 0 unspecified atom stereocenters. The fourth-order valence-electron chi connectivity index (χ4n) is 3.53. The van der Waals surface area contributed by atoms with Crippen molar-refractivity contribution in [1.29, 1.82) is 0 Å². The van der Waals surface area contributed by atoms with E-state index in [0.29, 0.717) is 16.6 Å². The SMILES string of the molecule is COc1cc(C)cc2cc(-c3nn(C4CNC4)c4c(=O)[nH]nc(N)c34)sc12. The van der Waals surface area contributed by atoms with Crippen LogP contribution in [0.25, 0.3) is 31.6 Å². The molecule has 5 rings (SSSR count). The third-order valence-corrected chi connectivity index (χ3v) is 6.12. The molecule has 4 aromatic rings. The second-order valence-electron chi connectivity index (χ2n) is 6.76. The Morgan fingerprint density at radius 2 is 2.15 bits per heavy atom. The summed E-state index contributed by atoms with van der Waals surface area (Å²) in [7, 11) is 1.67. The summed E-state index contributed by atoms with van der Waals surface area (Å²) in [6.07, 6.45) is 0. The summed E-state index contributed by atoms with van der Waals surface area (Å²) >= 11 is 1.58. The quantitative estimate of drug-likeness (QED) is 0.500. The Bertz CT molecular complexity index is 1250. The molecule has 1 aliphatic rings. The summed E-state index contributed by atoms with van der Waals surface area (Å²) < 4.78 is 8.37. The maximum atomic E-state index is 12.5. The number of nitrogens with two attached hydrogens (primary N) is 1. The van der Waals surface area contributed by atoms with Crippen LogP contribution in [0.4, 0.5) is 5.82 Å². The number of H-pyrrole nitrogens is 1. The van der Waals surface area contributed by atoms with E-state index in [2.05, 4.69) is 27.6 Å². The number of nitrogen functional groups attached to an aromatic ring is 1. The van der Waals surface area contributed by atoms with Gasteiger partial charge in [-0.2, -0.15) is 10.2 Å². The highest BCUT2D eigenvalue weighted by Crippen LogP contribution is 2.41. The number of hydrogen-bond donors (Lipinski definition) is 3. The summed E-state index contributed by atoms with van der Waals surface area (Å²) in [4.78, 5) is 13.4. The Morgan fingerprint density at radius 3 is 2.85 bits per heavy atom. The predicted octanol–water partition coefficient (Wildman–Crippen LogP) is 2.04. The van der Waals surface area contributed by atoms with Crippen LogP contribution < -0.4 is 21.3 Å². The highest BCUT2D eigenvalue weighted by molar-refractivity contribution is 7.22. The highest BCUT2D eigenvalue weighted by atomic mass is 32.1. The van der Waals surface area contributed by atoms with Crippen molar-refractivity contribution >= 4 is 38.1 Å². The van der Waals surface area contributed by atoms with Crippen molar-refractivity contribution in [3.63, 3.8) is 0 Å². The van der Waals surface area contributed by atoms with E-state index in [1.54, 1.807) is 23.1 Å². The van der Waals surface area contributed by atoms with E-state index >= 15 is 0 Å². The van der Waals surface area contributed by atoms with Gasteiger partial charge in [0.25, 0.3) is 5.56 Å². The van der Waals surface area contributed by atoms with Gasteiger partial charge in [0, 0.05) is 13.1 Å². The summed E-state index contributed by atoms with van der Waals surface area (Å²) in [6, 6.07) is 6.33. The lowest BCUT2D eigenvalue weighted by molar-refractivity contribution is 0.326. The number of thiophene rings is 1. The predicted molar refractivity (Wildman–Crippen MR) is 107 cm³/mol. The molecule has 27 heavy (non-hydrogen) atoms. The maximum Gasteiger partial charge on any atom is 0.290 e. The standard InChI is InChI=1S/C18H18N6O2S/c1-8-3-9-5-12(27-16(9)11(4-8)26-2)14-13-15(18(25)22-21-17(13)19)24(23-14)10-6-20-7-10/h3-5,10,20H,6-7H2,1-2H3,(H2,19,21)(H,22,25). The van der Waals surface area contributed by atoms with Crippen molar-refractivity contribution in [2.24, 2.45) is 0 Å². The molecule has 0 atom stereocenters. The van der Waals surface area contributed by atoms with Crippen LogP contribution in [-0.2, 0) is 0 Å². The fraction of sp³-hybridized carbons (Fsp3) is 0.278. The van der Waals surface area contributed by atoms with Crippen LogP contribution in [0.1, 0.15) is 11.6 Å². The number of benzene rings is 1. The molecule has 1 aromatic carbocycles. The maximum absolute atomic E-state index is 12.5. The molecular weight excluding hydrogens is 364 g/mol.